The fourth-order valence-corrected chi connectivity index (χ4v) is 3.25. The average molecular weight is 383 g/mol. The monoisotopic (exact) mass is 382 g/mol. The Bertz CT molecular complexity index is 735. The number of hydrogen-bond donors (Lipinski definition) is 1. The Morgan fingerprint density at radius 1 is 1.07 bits per heavy atom. The van der Waals surface area contributed by atoms with Gasteiger partial charge in [-0.3, -0.25) is 4.79 Å². The Morgan fingerprint density at radius 2 is 1.75 bits per heavy atom. The highest BCUT2D eigenvalue weighted by molar-refractivity contribution is 5.94. The molecule has 1 aliphatic heterocycles. The zero-order chi connectivity index (χ0) is 19.8. The van der Waals surface area contributed by atoms with E-state index >= 15 is 0 Å². The molecule has 0 radical (unpaired) electrons. The zero-order valence-corrected chi connectivity index (χ0v) is 16.8. The van der Waals surface area contributed by atoms with Crippen LogP contribution in [0.4, 0.5) is 5.69 Å². The molecule has 1 aliphatic rings. The van der Waals surface area contributed by atoms with E-state index in [0.717, 1.165) is 44.9 Å². The summed E-state index contributed by atoms with van der Waals surface area (Å²) in [7, 11) is 0. The van der Waals surface area contributed by atoms with Crippen LogP contribution in [-0.2, 0) is 11.2 Å². The molecule has 0 unspecified atom stereocenters. The van der Waals surface area contributed by atoms with Crippen LogP contribution in [0.25, 0.3) is 0 Å². The van der Waals surface area contributed by atoms with Crippen molar-refractivity contribution in [1.29, 1.82) is 0 Å². The van der Waals surface area contributed by atoms with Gasteiger partial charge in [-0.2, -0.15) is 0 Å². The minimum atomic E-state index is -0.0428. The summed E-state index contributed by atoms with van der Waals surface area (Å²) in [6.45, 7) is 8.14. The van der Waals surface area contributed by atoms with Crippen molar-refractivity contribution in [3.8, 4) is 5.75 Å². The Morgan fingerprint density at radius 3 is 2.39 bits per heavy atom. The number of carbonyl (C=O) groups is 1. The molecule has 0 aromatic heterocycles. The maximum atomic E-state index is 12.2. The van der Waals surface area contributed by atoms with Gasteiger partial charge in [0.15, 0.2) is 0 Å². The van der Waals surface area contributed by atoms with E-state index < -0.39 is 0 Å². The van der Waals surface area contributed by atoms with Gasteiger partial charge in [0, 0.05) is 30.9 Å². The number of anilines is 1. The lowest BCUT2D eigenvalue weighted by atomic mass is 10.1. The second-order valence-corrected chi connectivity index (χ2v) is 7.32. The Labute approximate surface area is 167 Å². The number of benzene rings is 2. The van der Waals surface area contributed by atoms with E-state index in [0.29, 0.717) is 12.1 Å². The first-order valence-electron chi connectivity index (χ1n) is 10.1. The van der Waals surface area contributed by atoms with E-state index in [-0.39, 0.29) is 12.0 Å². The van der Waals surface area contributed by atoms with Gasteiger partial charge in [-0.15, -0.1) is 0 Å². The van der Waals surface area contributed by atoms with Crippen LogP contribution in [0.3, 0.4) is 0 Å². The largest absolute Gasteiger partial charge is 0.491 e. The predicted molar refractivity (Wildman–Crippen MR) is 112 cm³/mol. The average Bonchev–Trinajstić information content (AvgIpc) is 2.72. The van der Waals surface area contributed by atoms with Crippen LogP contribution in [0, 0.1) is 0 Å². The second-order valence-electron chi connectivity index (χ2n) is 7.32. The van der Waals surface area contributed by atoms with E-state index in [1.54, 1.807) is 12.1 Å². The molecule has 0 bridgehead atoms. The smallest absolute Gasteiger partial charge is 0.251 e. The summed E-state index contributed by atoms with van der Waals surface area (Å²) in [5.41, 5.74) is 3.21. The highest BCUT2D eigenvalue weighted by Crippen LogP contribution is 2.17. The van der Waals surface area contributed by atoms with Crippen molar-refractivity contribution in [3.63, 3.8) is 0 Å². The Balaban J connectivity index is 1.39. The van der Waals surface area contributed by atoms with Crippen molar-refractivity contribution in [2.45, 2.75) is 32.8 Å². The zero-order valence-electron chi connectivity index (χ0n) is 16.8. The summed E-state index contributed by atoms with van der Waals surface area (Å²) >= 11 is 0. The van der Waals surface area contributed by atoms with E-state index in [1.807, 2.05) is 26.0 Å². The first-order chi connectivity index (χ1) is 13.6. The molecule has 0 saturated carbocycles. The number of hydrogen-bond acceptors (Lipinski definition) is 4. The van der Waals surface area contributed by atoms with Crippen molar-refractivity contribution in [3.05, 3.63) is 59.7 Å². The van der Waals surface area contributed by atoms with Crippen molar-refractivity contribution >= 4 is 11.6 Å². The third-order valence-electron chi connectivity index (χ3n) is 4.73. The van der Waals surface area contributed by atoms with Crippen LogP contribution in [0.15, 0.2) is 48.5 Å². The van der Waals surface area contributed by atoms with Gasteiger partial charge in [0.25, 0.3) is 5.91 Å². The number of aryl methyl sites for hydroxylation is 1. The van der Waals surface area contributed by atoms with Gasteiger partial charge in [0.05, 0.1) is 19.3 Å². The lowest BCUT2D eigenvalue weighted by Crippen LogP contribution is -2.36. The van der Waals surface area contributed by atoms with Crippen LogP contribution < -0.4 is 15.0 Å². The number of amides is 1. The van der Waals surface area contributed by atoms with Crippen molar-refractivity contribution in [2.24, 2.45) is 0 Å². The second kappa shape index (κ2) is 10.1. The summed E-state index contributed by atoms with van der Waals surface area (Å²) in [4.78, 5) is 14.6. The van der Waals surface area contributed by atoms with Gasteiger partial charge in [-0.25, -0.2) is 0 Å². The van der Waals surface area contributed by atoms with Crippen molar-refractivity contribution in [1.82, 2.24) is 5.32 Å². The summed E-state index contributed by atoms with van der Waals surface area (Å²) in [6.07, 6.45) is 1.99. The molecule has 1 N–H and O–H groups in total. The fraction of sp³-hybridized carbons (Fsp3) is 0.435. The number of nitrogens with one attached hydrogen (secondary N) is 1. The van der Waals surface area contributed by atoms with Gasteiger partial charge in [0.2, 0.25) is 0 Å². The molecule has 28 heavy (non-hydrogen) atoms. The minimum absolute atomic E-state index is 0.0428. The minimum Gasteiger partial charge on any atom is -0.491 e. The molecule has 5 heteroatoms. The van der Waals surface area contributed by atoms with Gasteiger partial charge in [-0.1, -0.05) is 12.1 Å². The first kappa shape index (κ1) is 20.2. The van der Waals surface area contributed by atoms with Crippen LogP contribution in [0.1, 0.15) is 36.2 Å². The molecule has 1 amide bonds. The van der Waals surface area contributed by atoms with E-state index in [9.17, 15) is 4.79 Å². The Hall–Kier alpha value is -2.53. The number of ether oxygens (including phenoxy) is 2. The molecule has 5 nitrogen and oxygen atoms in total. The lowest BCUT2D eigenvalue weighted by Gasteiger charge is -2.28. The summed E-state index contributed by atoms with van der Waals surface area (Å²) < 4.78 is 11.0. The quantitative estimate of drug-likeness (QED) is 0.708. The van der Waals surface area contributed by atoms with E-state index in [1.165, 1.54) is 11.3 Å². The molecule has 0 spiro atoms. The maximum absolute atomic E-state index is 12.2. The fourth-order valence-electron chi connectivity index (χ4n) is 3.25. The predicted octanol–water partition coefficient (Wildman–Crippen LogP) is 3.67. The lowest BCUT2D eigenvalue weighted by molar-refractivity contribution is 0.0953. The number of nitrogens with zero attached hydrogens (tertiary/aromatic N) is 1. The summed E-state index contributed by atoms with van der Waals surface area (Å²) in [5, 5.41) is 2.99. The topological polar surface area (TPSA) is 50.8 Å². The van der Waals surface area contributed by atoms with Crippen LogP contribution in [0.2, 0.25) is 0 Å². The molecule has 0 aliphatic carbocycles. The molecule has 2 aromatic rings. The van der Waals surface area contributed by atoms with Gasteiger partial charge in [0.1, 0.15) is 5.75 Å². The number of morpholine rings is 1. The van der Waals surface area contributed by atoms with Gasteiger partial charge in [-0.05, 0) is 68.7 Å². The molecule has 1 heterocycles. The number of carbonyl (C=O) groups excluding carboxylic acids is 1. The van der Waals surface area contributed by atoms with Crippen LogP contribution in [0.5, 0.6) is 5.75 Å². The molecular weight excluding hydrogens is 352 g/mol. The Kier molecular flexibility index (Phi) is 7.31. The molecule has 1 fully saturated rings. The van der Waals surface area contributed by atoms with Crippen LogP contribution >= 0.6 is 0 Å². The molecular formula is C23H30N2O3. The van der Waals surface area contributed by atoms with E-state index in [4.69, 9.17) is 9.47 Å². The highest BCUT2D eigenvalue weighted by atomic mass is 16.5. The SMILES string of the molecule is CC(C)Oc1ccc(C(=O)NCCCc2ccc(N3CCOCC3)cc2)cc1. The van der Waals surface area contributed by atoms with Gasteiger partial charge >= 0.3 is 0 Å². The maximum Gasteiger partial charge on any atom is 0.251 e. The molecule has 3 rings (SSSR count). The van der Waals surface area contributed by atoms with Crippen molar-refractivity contribution < 1.29 is 14.3 Å². The third-order valence-corrected chi connectivity index (χ3v) is 4.73. The third kappa shape index (κ3) is 5.99. The van der Waals surface area contributed by atoms with Crippen molar-refractivity contribution in [2.75, 3.05) is 37.7 Å². The van der Waals surface area contributed by atoms with Crippen LogP contribution in [-0.4, -0.2) is 44.9 Å². The molecule has 0 atom stereocenters. The normalized spacial score (nSPS) is 14.2. The number of rotatable bonds is 8. The first-order valence-corrected chi connectivity index (χ1v) is 10.1. The molecule has 150 valence electrons. The standard InChI is InChI=1S/C23H30N2O3/c1-18(2)28-22-11-7-20(8-12-22)23(26)24-13-3-4-19-5-9-21(10-6-19)25-14-16-27-17-15-25/h5-12,18H,3-4,13-17H2,1-2H3,(H,24,26). The molecule has 2 aromatic carbocycles. The summed E-state index contributed by atoms with van der Waals surface area (Å²) in [5.74, 6) is 0.742. The summed E-state index contributed by atoms with van der Waals surface area (Å²) in [6, 6.07) is 16.0. The van der Waals surface area contributed by atoms with Gasteiger partial charge < -0.3 is 19.7 Å². The highest BCUT2D eigenvalue weighted by Gasteiger charge is 2.11. The van der Waals surface area contributed by atoms with E-state index in [2.05, 4.69) is 34.5 Å². The molecule has 1 saturated heterocycles.